The maximum absolute atomic E-state index is 13.4. The van der Waals surface area contributed by atoms with E-state index in [1.807, 2.05) is 49.6 Å². The van der Waals surface area contributed by atoms with Crippen molar-refractivity contribution in [1.82, 2.24) is 15.3 Å². The molecule has 3 heterocycles. The number of hydrogen-bond acceptors (Lipinski definition) is 5. The van der Waals surface area contributed by atoms with Crippen molar-refractivity contribution in [2.75, 3.05) is 11.4 Å². The van der Waals surface area contributed by atoms with Crippen molar-refractivity contribution in [1.29, 1.82) is 0 Å². The number of fused-ring (bicyclic) bond motifs is 1. The second-order valence-corrected chi connectivity index (χ2v) is 9.50. The third-order valence-corrected chi connectivity index (χ3v) is 7.35. The molecule has 7 nitrogen and oxygen atoms in total. The Morgan fingerprint density at radius 2 is 1.75 bits per heavy atom. The lowest BCUT2D eigenvalue weighted by Crippen LogP contribution is -2.31. The van der Waals surface area contributed by atoms with E-state index in [2.05, 4.69) is 15.3 Å². The van der Waals surface area contributed by atoms with E-state index >= 15 is 0 Å². The van der Waals surface area contributed by atoms with Crippen LogP contribution in [0.1, 0.15) is 61.7 Å². The zero-order valence-corrected chi connectivity index (χ0v) is 20.9. The summed E-state index contributed by atoms with van der Waals surface area (Å²) in [5.74, 6) is -1.03. The smallest absolute Gasteiger partial charge is 0.266 e. The SMILES string of the molecule is CCc1cccc(CC)c1N1C(=O)c2ccc(C(=O)NCCc3[nH]cnc3-c3cccs3)cc2C1=O. The lowest BCUT2D eigenvalue weighted by molar-refractivity contribution is 0.0923. The molecule has 0 atom stereocenters. The highest BCUT2D eigenvalue weighted by atomic mass is 32.1. The third kappa shape index (κ3) is 4.13. The van der Waals surface area contributed by atoms with E-state index in [1.165, 1.54) is 11.0 Å². The Morgan fingerprint density at radius 3 is 2.44 bits per heavy atom. The quantitative estimate of drug-likeness (QED) is 0.333. The van der Waals surface area contributed by atoms with E-state index in [1.54, 1.807) is 29.8 Å². The monoisotopic (exact) mass is 498 g/mol. The van der Waals surface area contributed by atoms with Crippen LogP contribution in [0.15, 0.2) is 60.2 Å². The molecular weight excluding hydrogens is 472 g/mol. The second-order valence-electron chi connectivity index (χ2n) is 8.55. The first kappa shape index (κ1) is 23.7. The van der Waals surface area contributed by atoms with Crippen LogP contribution in [0.25, 0.3) is 10.6 Å². The Kier molecular flexibility index (Phi) is 6.52. The van der Waals surface area contributed by atoms with Gasteiger partial charge in [0.2, 0.25) is 0 Å². The van der Waals surface area contributed by atoms with Gasteiger partial charge in [0.15, 0.2) is 0 Å². The maximum atomic E-state index is 13.4. The van der Waals surface area contributed by atoms with Crippen LogP contribution in [-0.4, -0.2) is 34.2 Å². The van der Waals surface area contributed by atoms with Crippen LogP contribution in [0.3, 0.4) is 0 Å². The first-order chi connectivity index (χ1) is 17.5. The van der Waals surface area contributed by atoms with E-state index in [9.17, 15) is 14.4 Å². The molecule has 2 N–H and O–H groups in total. The summed E-state index contributed by atoms with van der Waals surface area (Å²) in [4.78, 5) is 49.4. The minimum Gasteiger partial charge on any atom is -0.352 e. The number of benzene rings is 2. The normalized spacial score (nSPS) is 12.8. The molecule has 0 saturated heterocycles. The van der Waals surface area contributed by atoms with E-state index in [-0.39, 0.29) is 17.4 Å². The molecular formula is C28H26N4O3S. The van der Waals surface area contributed by atoms with Crippen molar-refractivity contribution in [2.24, 2.45) is 0 Å². The Balaban J connectivity index is 1.33. The highest BCUT2D eigenvalue weighted by molar-refractivity contribution is 7.13. The van der Waals surface area contributed by atoms with Gasteiger partial charge in [-0.15, -0.1) is 11.3 Å². The molecule has 1 aliphatic heterocycles. The highest BCUT2D eigenvalue weighted by Crippen LogP contribution is 2.34. The van der Waals surface area contributed by atoms with Gasteiger partial charge in [-0.1, -0.05) is 38.1 Å². The summed E-state index contributed by atoms with van der Waals surface area (Å²) < 4.78 is 0. The van der Waals surface area contributed by atoms with Crippen LogP contribution in [0.4, 0.5) is 5.69 Å². The molecule has 2 aromatic carbocycles. The number of rotatable bonds is 8. The Bertz CT molecular complexity index is 1430. The molecule has 2 aromatic heterocycles. The van der Waals surface area contributed by atoms with E-state index in [0.717, 1.165) is 27.4 Å². The summed E-state index contributed by atoms with van der Waals surface area (Å²) >= 11 is 1.61. The number of carbonyl (C=O) groups is 3. The van der Waals surface area contributed by atoms with Gasteiger partial charge < -0.3 is 10.3 Å². The Morgan fingerprint density at radius 1 is 1.00 bits per heavy atom. The minimum absolute atomic E-state index is 0.258. The number of imidazole rings is 1. The molecule has 0 radical (unpaired) electrons. The number of nitrogens with one attached hydrogen (secondary N) is 2. The van der Waals surface area contributed by atoms with Gasteiger partial charge in [0.1, 0.15) is 5.69 Å². The van der Waals surface area contributed by atoms with Crippen LogP contribution in [0.5, 0.6) is 0 Å². The van der Waals surface area contributed by atoms with Gasteiger partial charge in [0.25, 0.3) is 17.7 Å². The molecule has 0 fully saturated rings. The number of aromatic amines is 1. The topological polar surface area (TPSA) is 95.2 Å². The number of para-hydroxylation sites is 1. The number of H-pyrrole nitrogens is 1. The van der Waals surface area contributed by atoms with Crippen molar-refractivity contribution in [3.63, 3.8) is 0 Å². The molecule has 8 heteroatoms. The molecule has 0 spiro atoms. The van der Waals surface area contributed by atoms with Gasteiger partial charge in [-0.3, -0.25) is 14.4 Å². The van der Waals surface area contributed by atoms with Crippen molar-refractivity contribution in [3.05, 3.63) is 93.7 Å². The average molecular weight is 499 g/mol. The molecule has 0 aliphatic carbocycles. The van der Waals surface area contributed by atoms with Gasteiger partial charge in [0, 0.05) is 24.2 Å². The molecule has 0 saturated carbocycles. The fourth-order valence-corrected chi connectivity index (χ4v) is 5.38. The largest absolute Gasteiger partial charge is 0.352 e. The number of nitrogens with zero attached hydrogens (tertiary/aromatic N) is 2. The highest BCUT2D eigenvalue weighted by Gasteiger charge is 2.38. The third-order valence-electron chi connectivity index (χ3n) is 6.47. The minimum atomic E-state index is -0.390. The number of hydrogen-bond donors (Lipinski definition) is 2. The standard InChI is InChI=1S/C28H26N4O3S/c1-3-17-7-5-8-18(4-2)25(17)32-27(34)20-11-10-19(15-21(20)28(32)35)26(33)29-13-12-22-24(31-16-30-22)23-9-6-14-36-23/h5-11,14-16H,3-4,12-13H2,1-2H3,(H,29,33)(H,30,31). The molecule has 0 bridgehead atoms. The number of thiophene rings is 1. The van der Waals surface area contributed by atoms with E-state index in [0.29, 0.717) is 42.6 Å². The molecule has 3 amide bonds. The fourth-order valence-electron chi connectivity index (χ4n) is 4.63. The molecule has 36 heavy (non-hydrogen) atoms. The van der Waals surface area contributed by atoms with Crippen molar-refractivity contribution < 1.29 is 14.4 Å². The number of amides is 3. The first-order valence-electron chi connectivity index (χ1n) is 12.0. The molecule has 1 aliphatic rings. The van der Waals surface area contributed by atoms with Crippen LogP contribution in [0.2, 0.25) is 0 Å². The predicted molar refractivity (Wildman–Crippen MR) is 141 cm³/mol. The fraction of sp³-hybridized carbons (Fsp3) is 0.214. The number of anilines is 1. The lowest BCUT2D eigenvalue weighted by atomic mass is 10.0. The number of aryl methyl sites for hydroxylation is 2. The number of aromatic nitrogens is 2. The summed E-state index contributed by atoms with van der Waals surface area (Å²) in [6.07, 6.45) is 3.65. The van der Waals surface area contributed by atoms with Crippen LogP contribution < -0.4 is 10.2 Å². The summed E-state index contributed by atoms with van der Waals surface area (Å²) in [6, 6.07) is 14.5. The van der Waals surface area contributed by atoms with Crippen molar-refractivity contribution in [3.8, 4) is 10.6 Å². The van der Waals surface area contributed by atoms with Gasteiger partial charge in [-0.2, -0.15) is 0 Å². The Labute approximate surface area is 213 Å². The predicted octanol–water partition coefficient (Wildman–Crippen LogP) is 5.04. The van der Waals surface area contributed by atoms with Crippen LogP contribution in [0, 0.1) is 0 Å². The second kappa shape index (κ2) is 9.91. The lowest BCUT2D eigenvalue weighted by Gasteiger charge is -2.21. The van der Waals surface area contributed by atoms with Crippen LogP contribution in [-0.2, 0) is 19.3 Å². The van der Waals surface area contributed by atoms with Gasteiger partial charge in [-0.05, 0) is 53.6 Å². The molecule has 5 rings (SSSR count). The summed E-state index contributed by atoms with van der Waals surface area (Å²) in [5, 5.41) is 4.91. The summed E-state index contributed by atoms with van der Waals surface area (Å²) in [6.45, 7) is 4.41. The van der Waals surface area contributed by atoms with E-state index in [4.69, 9.17) is 0 Å². The number of carbonyl (C=O) groups excluding carboxylic acids is 3. The van der Waals surface area contributed by atoms with Gasteiger partial charge in [-0.25, -0.2) is 9.88 Å². The molecule has 182 valence electrons. The zero-order valence-electron chi connectivity index (χ0n) is 20.1. The van der Waals surface area contributed by atoms with Crippen LogP contribution >= 0.6 is 11.3 Å². The van der Waals surface area contributed by atoms with E-state index < -0.39 is 5.91 Å². The average Bonchev–Trinajstić information content (AvgIpc) is 3.64. The summed E-state index contributed by atoms with van der Waals surface area (Å²) in [5.41, 5.74) is 5.33. The number of imide groups is 1. The van der Waals surface area contributed by atoms with Gasteiger partial charge >= 0.3 is 0 Å². The summed E-state index contributed by atoms with van der Waals surface area (Å²) in [7, 11) is 0. The first-order valence-corrected chi connectivity index (χ1v) is 12.9. The van der Waals surface area contributed by atoms with Crippen molar-refractivity contribution in [2.45, 2.75) is 33.1 Å². The maximum Gasteiger partial charge on any atom is 0.266 e. The molecule has 0 unspecified atom stereocenters. The van der Waals surface area contributed by atoms with Crippen molar-refractivity contribution >= 4 is 34.7 Å². The molecule has 4 aromatic rings. The van der Waals surface area contributed by atoms with Gasteiger partial charge in [0.05, 0.1) is 28.0 Å². The Hall–Kier alpha value is -4.04. The zero-order chi connectivity index (χ0) is 25.2.